The molecule has 0 aliphatic carbocycles. The summed E-state index contributed by atoms with van der Waals surface area (Å²) in [6.45, 7) is 1.02. The van der Waals surface area contributed by atoms with Gasteiger partial charge in [0.25, 0.3) is 0 Å². The van der Waals surface area contributed by atoms with Gasteiger partial charge in [-0.05, 0) is 29.7 Å². The summed E-state index contributed by atoms with van der Waals surface area (Å²) in [5.74, 6) is 0.772. The summed E-state index contributed by atoms with van der Waals surface area (Å²) in [7, 11) is -1.49. The smallest absolute Gasteiger partial charge is 0.211 e. The number of nitrogens with zero attached hydrogens (tertiary/aromatic N) is 1. The van der Waals surface area contributed by atoms with E-state index in [1.807, 2.05) is 18.2 Å². The molecule has 0 spiro atoms. The fraction of sp³-hybridized carbons (Fsp3) is 0.455. The van der Waals surface area contributed by atoms with Crippen molar-refractivity contribution in [3.8, 4) is 5.75 Å². The molecule has 0 unspecified atom stereocenters. The molecule has 88 valence electrons. The van der Waals surface area contributed by atoms with Gasteiger partial charge in [-0.25, -0.2) is 8.42 Å². The van der Waals surface area contributed by atoms with Crippen LogP contribution in [-0.4, -0.2) is 32.6 Å². The van der Waals surface area contributed by atoms with Crippen molar-refractivity contribution >= 4 is 10.0 Å². The third-order valence-corrected chi connectivity index (χ3v) is 4.11. The summed E-state index contributed by atoms with van der Waals surface area (Å²) in [6.07, 6.45) is 2.02. The average Bonchev–Trinajstić information content (AvgIpc) is 2.26. The van der Waals surface area contributed by atoms with Gasteiger partial charge in [0.15, 0.2) is 0 Å². The third-order valence-electron chi connectivity index (χ3n) is 2.86. The summed E-state index contributed by atoms with van der Waals surface area (Å²) in [6, 6.07) is 5.83. The second-order valence-electron chi connectivity index (χ2n) is 3.98. The molecule has 0 saturated heterocycles. The minimum atomic E-state index is -3.10. The molecule has 1 heterocycles. The molecular formula is C11H15NO3S. The van der Waals surface area contributed by atoms with Crippen LogP contribution in [0.5, 0.6) is 5.75 Å². The normalized spacial score (nSPS) is 16.9. The number of benzene rings is 1. The largest absolute Gasteiger partial charge is 0.497 e. The first-order chi connectivity index (χ1) is 7.50. The molecule has 1 aromatic carbocycles. The van der Waals surface area contributed by atoms with Gasteiger partial charge in [0.05, 0.1) is 13.4 Å². The van der Waals surface area contributed by atoms with Crippen molar-refractivity contribution in [2.45, 2.75) is 13.0 Å². The van der Waals surface area contributed by atoms with Gasteiger partial charge >= 0.3 is 0 Å². The molecule has 0 amide bonds. The molecule has 2 rings (SSSR count). The number of ether oxygens (including phenoxy) is 1. The first-order valence-corrected chi connectivity index (χ1v) is 6.96. The van der Waals surface area contributed by atoms with Crippen LogP contribution in [0.3, 0.4) is 0 Å². The highest BCUT2D eigenvalue weighted by Gasteiger charge is 2.23. The maximum atomic E-state index is 11.4. The summed E-state index contributed by atoms with van der Waals surface area (Å²) < 4.78 is 29.5. The Kier molecular flexibility index (Phi) is 2.90. The standard InChI is InChI=1S/C11H15NO3S/c1-15-11-4-3-9-5-6-12(16(2,13)14)8-10(9)7-11/h3-4,7H,5-6,8H2,1-2H3. The zero-order valence-corrected chi connectivity index (χ0v) is 10.3. The highest BCUT2D eigenvalue weighted by molar-refractivity contribution is 7.88. The fourth-order valence-electron chi connectivity index (χ4n) is 1.92. The number of hydrogen-bond donors (Lipinski definition) is 0. The Bertz CT molecular complexity index is 496. The SMILES string of the molecule is COc1ccc2c(c1)CN(S(C)(=O)=O)CC2. The predicted octanol–water partition coefficient (Wildman–Crippen LogP) is 1.01. The number of fused-ring (bicyclic) bond motifs is 1. The van der Waals surface area contributed by atoms with E-state index in [1.165, 1.54) is 16.1 Å². The maximum Gasteiger partial charge on any atom is 0.211 e. The van der Waals surface area contributed by atoms with Gasteiger partial charge in [-0.1, -0.05) is 6.07 Å². The van der Waals surface area contributed by atoms with Crippen LogP contribution in [0.1, 0.15) is 11.1 Å². The topological polar surface area (TPSA) is 46.6 Å². The lowest BCUT2D eigenvalue weighted by atomic mass is 10.0. The van der Waals surface area contributed by atoms with Crippen molar-refractivity contribution in [1.29, 1.82) is 0 Å². The van der Waals surface area contributed by atoms with Crippen molar-refractivity contribution < 1.29 is 13.2 Å². The molecule has 0 bridgehead atoms. The summed E-state index contributed by atoms with van der Waals surface area (Å²) >= 11 is 0. The predicted molar refractivity (Wildman–Crippen MR) is 62.0 cm³/mol. The number of hydrogen-bond acceptors (Lipinski definition) is 3. The fourth-order valence-corrected chi connectivity index (χ4v) is 2.71. The van der Waals surface area contributed by atoms with Crippen LogP contribution in [0.15, 0.2) is 18.2 Å². The highest BCUT2D eigenvalue weighted by atomic mass is 32.2. The van der Waals surface area contributed by atoms with Crippen molar-refractivity contribution in [2.75, 3.05) is 19.9 Å². The minimum Gasteiger partial charge on any atom is -0.497 e. The molecule has 1 aliphatic rings. The molecule has 0 N–H and O–H groups in total. The number of rotatable bonds is 2. The first-order valence-electron chi connectivity index (χ1n) is 5.11. The second-order valence-corrected chi connectivity index (χ2v) is 5.96. The van der Waals surface area contributed by atoms with Gasteiger partial charge in [0.1, 0.15) is 5.75 Å². The van der Waals surface area contributed by atoms with Crippen LogP contribution < -0.4 is 4.74 Å². The molecular weight excluding hydrogens is 226 g/mol. The van der Waals surface area contributed by atoms with Crippen molar-refractivity contribution in [3.63, 3.8) is 0 Å². The first kappa shape index (κ1) is 11.4. The molecule has 4 nitrogen and oxygen atoms in total. The van der Waals surface area contributed by atoms with E-state index < -0.39 is 10.0 Å². The lowest BCUT2D eigenvalue weighted by molar-refractivity contribution is 0.388. The third kappa shape index (κ3) is 2.20. The van der Waals surface area contributed by atoms with Crippen LogP contribution in [-0.2, 0) is 23.0 Å². The van der Waals surface area contributed by atoms with E-state index in [0.717, 1.165) is 17.7 Å². The van der Waals surface area contributed by atoms with Crippen LogP contribution in [0.25, 0.3) is 0 Å². The Labute approximate surface area is 95.9 Å². The van der Waals surface area contributed by atoms with E-state index in [4.69, 9.17) is 4.74 Å². The molecule has 0 radical (unpaired) electrons. The van der Waals surface area contributed by atoms with Gasteiger partial charge in [-0.3, -0.25) is 0 Å². The summed E-state index contributed by atoms with van der Waals surface area (Å²) in [4.78, 5) is 0. The van der Waals surface area contributed by atoms with Gasteiger partial charge in [0, 0.05) is 13.1 Å². The molecule has 1 aromatic rings. The van der Waals surface area contributed by atoms with Crippen LogP contribution in [0.4, 0.5) is 0 Å². The van der Waals surface area contributed by atoms with Crippen molar-refractivity contribution in [2.24, 2.45) is 0 Å². The van der Waals surface area contributed by atoms with Gasteiger partial charge in [-0.2, -0.15) is 4.31 Å². The van der Waals surface area contributed by atoms with E-state index >= 15 is 0 Å². The molecule has 16 heavy (non-hydrogen) atoms. The summed E-state index contributed by atoms with van der Waals surface area (Å²) in [5, 5.41) is 0. The van der Waals surface area contributed by atoms with Crippen molar-refractivity contribution in [3.05, 3.63) is 29.3 Å². The monoisotopic (exact) mass is 241 g/mol. The van der Waals surface area contributed by atoms with Crippen LogP contribution >= 0.6 is 0 Å². The van der Waals surface area contributed by atoms with Crippen LogP contribution in [0, 0.1) is 0 Å². The molecule has 0 atom stereocenters. The molecule has 0 aromatic heterocycles. The van der Waals surface area contributed by atoms with E-state index in [1.54, 1.807) is 7.11 Å². The zero-order valence-electron chi connectivity index (χ0n) is 9.43. The molecule has 5 heteroatoms. The Hall–Kier alpha value is -1.07. The van der Waals surface area contributed by atoms with Crippen molar-refractivity contribution in [1.82, 2.24) is 4.31 Å². The maximum absolute atomic E-state index is 11.4. The van der Waals surface area contributed by atoms with Gasteiger partial charge < -0.3 is 4.74 Å². The molecule has 1 aliphatic heterocycles. The Morgan fingerprint density at radius 2 is 2.06 bits per heavy atom. The lowest BCUT2D eigenvalue weighted by Gasteiger charge is -2.26. The van der Waals surface area contributed by atoms with E-state index in [9.17, 15) is 8.42 Å². The van der Waals surface area contributed by atoms with E-state index in [-0.39, 0.29) is 0 Å². The van der Waals surface area contributed by atoms with E-state index in [0.29, 0.717) is 13.1 Å². The Balaban J connectivity index is 2.32. The van der Waals surface area contributed by atoms with Gasteiger partial charge in [0.2, 0.25) is 10.0 Å². The quantitative estimate of drug-likeness (QED) is 0.776. The number of sulfonamides is 1. The van der Waals surface area contributed by atoms with Crippen LogP contribution in [0.2, 0.25) is 0 Å². The number of methoxy groups -OCH3 is 1. The Morgan fingerprint density at radius 3 is 2.69 bits per heavy atom. The van der Waals surface area contributed by atoms with E-state index in [2.05, 4.69) is 0 Å². The molecule has 0 fully saturated rings. The Morgan fingerprint density at radius 1 is 1.31 bits per heavy atom. The molecule has 0 saturated carbocycles. The highest BCUT2D eigenvalue weighted by Crippen LogP contribution is 2.24. The second kappa shape index (κ2) is 4.07. The average molecular weight is 241 g/mol. The summed E-state index contributed by atoms with van der Waals surface area (Å²) in [5.41, 5.74) is 2.25. The minimum absolute atomic E-state index is 0.450. The van der Waals surface area contributed by atoms with Gasteiger partial charge in [-0.15, -0.1) is 0 Å². The zero-order chi connectivity index (χ0) is 11.8. The lowest BCUT2D eigenvalue weighted by Crippen LogP contribution is -2.35.